The zero-order valence-electron chi connectivity index (χ0n) is 10.0. The van der Waals surface area contributed by atoms with Crippen LogP contribution in [0.5, 0.6) is 5.75 Å². The normalized spacial score (nSPS) is 10.3. The maximum absolute atomic E-state index is 11.6. The van der Waals surface area contributed by atoms with Gasteiger partial charge >= 0.3 is 5.56 Å². The Morgan fingerprint density at radius 1 is 1.33 bits per heavy atom. The number of rotatable bonds is 4. The maximum atomic E-state index is 11.6. The molecule has 0 saturated heterocycles. The summed E-state index contributed by atoms with van der Waals surface area (Å²) in [5.74, 6) is 0.491. The van der Waals surface area contributed by atoms with Gasteiger partial charge in [0.05, 0.1) is 6.20 Å². The van der Waals surface area contributed by atoms with Crippen LogP contribution in [0.4, 0.5) is 0 Å². The Kier molecular flexibility index (Phi) is 3.74. The van der Waals surface area contributed by atoms with Crippen molar-refractivity contribution >= 4 is 0 Å². The Morgan fingerprint density at radius 3 is 2.72 bits per heavy atom. The highest BCUT2D eigenvalue weighted by molar-refractivity contribution is 5.17. The monoisotopic (exact) mass is 246 g/mol. The van der Waals surface area contributed by atoms with Crippen molar-refractivity contribution < 1.29 is 9.84 Å². The molecule has 5 nitrogen and oxygen atoms in total. The molecule has 0 unspecified atom stereocenters. The van der Waals surface area contributed by atoms with E-state index in [-0.39, 0.29) is 12.4 Å². The molecule has 0 atom stereocenters. The molecule has 0 spiro atoms. The molecule has 1 aromatic heterocycles. The summed E-state index contributed by atoms with van der Waals surface area (Å²) >= 11 is 0. The molecule has 5 heteroatoms. The smallest absolute Gasteiger partial charge is 0.315 e. The van der Waals surface area contributed by atoms with Gasteiger partial charge in [0.25, 0.3) is 0 Å². The van der Waals surface area contributed by atoms with Crippen LogP contribution in [0, 0.1) is 0 Å². The van der Waals surface area contributed by atoms with E-state index in [0.29, 0.717) is 12.4 Å². The van der Waals surface area contributed by atoms with Gasteiger partial charge in [-0.1, -0.05) is 30.3 Å². The van der Waals surface area contributed by atoms with Crippen LogP contribution in [0.25, 0.3) is 0 Å². The van der Waals surface area contributed by atoms with E-state index in [0.717, 1.165) is 5.56 Å². The highest BCUT2D eigenvalue weighted by atomic mass is 16.5. The van der Waals surface area contributed by atoms with Crippen molar-refractivity contribution in [1.82, 2.24) is 9.55 Å². The van der Waals surface area contributed by atoms with Gasteiger partial charge in [0.1, 0.15) is 19.0 Å². The van der Waals surface area contributed by atoms with Crippen molar-refractivity contribution in [3.63, 3.8) is 0 Å². The number of aryl methyl sites for hydroxylation is 1. The zero-order valence-corrected chi connectivity index (χ0v) is 10.0. The van der Waals surface area contributed by atoms with Crippen molar-refractivity contribution in [3.05, 3.63) is 58.3 Å². The van der Waals surface area contributed by atoms with Crippen molar-refractivity contribution in [2.75, 3.05) is 0 Å². The molecule has 2 rings (SSSR count). The Hall–Kier alpha value is -2.14. The summed E-state index contributed by atoms with van der Waals surface area (Å²) in [5, 5.41) is 8.98. The first-order chi connectivity index (χ1) is 8.70. The van der Waals surface area contributed by atoms with Crippen LogP contribution >= 0.6 is 0 Å². The topological polar surface area (TPSA) is 64.4 Å². The summed E-state index contributed by atoms with van der Waals surface area (Å²) in [6.45, 7) is 0.0426. The van der Waals surface area contributed by atoms with Crippen LogP contribution in [0.3, 0.4) is 0 Å². The van der Waals surface area contributed by atoms with Crippen molar-refractivity contribution in [2.24, 2.45) is 7.05 Å². The molecule has 0 aliphatic carbocycles. The van der Waals surface area contributed by atoms with Crippen molar-refractivity contribution in [2.45, 2.75) is 13.2 Å². The number of aliphatic hydroxyl groups is 1. The number of ether oxygens (including phenoxy) is 1. The maximum Gasteiger partial charge on any atom is 0.315 e. The number of aromatic nitrogens is 2. The van der Waals surface area contributed by atoms with E-state index in [1.54, 1.807) is 11.6 Å². The van der Waals surface area contributed by atoms with Crippen LogP contribution < -0.4 is 10.3 Å². The first kappa shape index (κ1) is 12.3. The zero-order chi connectivity index (χ0) is 13.0. The van der Waals surface area contributed by atoms with Gasteiger partial charge < -0.3 is 14.4 Å². The second-order valence-corrected chi connectivity index (χ2v) is 3.87. The minimum atomic E-state index is -0.465. The molecule has 0 amide bonds. The summed E-state index contributed by atoms with van der Waals surface area (Å²) in [6.07, 6.45) is 1.53. The Morgan fingerprint density at radius 2 is 2.06 bits per heavy atom. The first-order valence-electron chi connectivity index (χ1n) is 5.55. The number of nitrogens with zero attached hydrogens (tertiary/aromatic N) is 2. The number of hydrogen-bond donors (Lipinski definition) is 1. The van der Waals surface area contributed by atoms with Crippen LogP contribution in [-0.4, -0.2) is 14.7 Å². The van der Waals surface area contributed by atoms with Crippen LogP contribution in [0.15, 0.2) is 41.3 Å². The Bertz CT molecular complexity index is 579. The van der Waals surface area contributed by atoms with E-state index in [4.69, 9.17) is 9.84 Å². The van der Waals surface area contributed by atoms with E-state index in [1.165, 1.54) is 6.20 Å². The summed E-state index contributed by atoms with van der Waals surface area (Å²) < 4.78 is 7.00. The lowest BCUT2D eigenvalue weighted by molar-refractivity contribution is 0.260. The molecule has 0 saturated carbocycles. The molecule has 2 aromatic rings. The molecule has 1 N–H and O–H groups in total. The molecule has 0 bridgehead atoms. The molecular weight excluding hydrogens is 232 g/mol. The van der Waals surface area contributed by atoms with E-state index in [9.17, 15) is 4.79 Å². The largest absolute Gasteiger partial charge is 0.482 e. The Labute approximate surface area is 104 Å². The fourth-order valence-corrected chi connectivity index (χ4v) is 1.54. The van der Waals surface area contributed by atoms with E-state index in [2.05, 4.69) is 4.98 Å². The SMILES string of the molecule is Cn1cc(OCc2ccccc2)c(=O)nc1CO. The van der Waals surface area contributed by atoms with Crippen molar-refractivity contribution in [1.29, 1.82) is 0 Å². The van der Waals surface area contributed by atoms with E-state index >= 15 is 0 Å². The summed E-state index contributed by atoms with van der Waals surface area (Å²) in [4.78, 5) is 15.3. The molecule has 0 aliphatic heterocycles. The third kappa shape index (κ3) is 2.75. The standard InChI is InChI=1S/C13H14N2O3/c1-15-7-11(13(17)14-12(15)8-16)18-9-10-5-3-2-4-6-10/h2-7,16H,8-9H2,1H3. The third-order valence-corrected chi connectivity index (χ3v) is 2.54. The van der Waals surface area contributed by atoms with Gasteiger partial charge in [0, 0.05) is 7.05 Å². The molecule has 0 radical (unpaired) electrons. The fourth-order valence-electron chi connectivity index (χ4n) is 1.54. The molecule has 0 fully saturated rings. The van der Waals surface area contributed by atoms with Gasteiger partial charge in [-0.2, -0.15) is 4.98 Å². The lowest BCUT2D eigenvalue weighted by Crippen LogP contribution is -2.18. The highest BCUT2D eigenvalue weighted by Crippen LogP contribution is 2.07. The second kappa shape index (κ2) is 5.46. The van der Waals surface area contributed by atoms with Gasteiger partial charge in [-0.3, -0.25) is 4.79 Å². The number of aliphatic hydroxyl groups excluding tert-OH is 1. The minimum Gasteiger partial charge on any atom is -0.482 e. The molecule has 18 heavy (non-hydrogen) atoms. The third-order valence-electron chi connectivity index (χ3n) is 2.54. The molecule has 94 valence electrons. The fraction of sp³-hybridized carbons (Fsp3) is 0.231. The van der Waals surface area contributed by atoms with E-state index in [1.807, 2.05) is 30.3 Å². The summed E-state index contributed by atoms with van der Waals surface area (Å²) in [6, 6.07) is 9.56. The highest BCUT2D eigenvalue weighted by Gasteiger charge is 2.06. The predicted molar refractivity (Wildman–Crippen MR) is 66.2 cm³/mol. The summed E-state index contributed by atoms with van der Waals surface area (Å²) in [7, 11) is 1.70. The molecule has 0 aliphatic rings. The molecule has 1 aromatic carbocycles. The van der Waals surface area contributed by atoms with Crippen LogP contribution in [0.1, 0.15) is 11.4 Å². The van der Waals surface area contributed by atoms with Crippen LogP contribution in [-0.2, 0) is 20.3 Å². The number of benzene rings is 1. The summed E-state index contributed by atoms with van der Waals surface area (Å²) in [5.41, 5.74) is 0.513. The van der Waals surface area contributed by atoms with Gasteiger partial charge in [-0.25, -0.2) is 0 Å². The van der Waals surface area contributed by atoms with Gasteiger partial charge in [0.15, 0.2) is 0 Å². The van der Waals surface area contributed by atoms with Crippen molar-refractivity contribution in [3.8, 4) is 5.75 Å². The lowest BCUT2D eigenvalue weighted by Gasteiger charge is -2.09. The average Bonchev–Trinajstić information content (AvgIpc) is 2.40. The minimum absolute atomic E-state index is 0.179. The lowest BCUT2D eigenvalue weighted by atomic mass is 10.2. The second-order valence-electron chi connectivity index (χ2n) is 3.87. The number of hydrogen-bond acceptors (Lipinski definition) is 4. The molecular formula is C13H14N2O3. The van der Waals surface area contributed by atoms with E-state index < -0.39 is 5.56 Å². The molecule has 1 heterocycles. The first-order valence-corrected chi connectivity index (χ1v) is 5.55. The van der Waals surface area contributed by atoms with Gasteiger partial charge in [-0.05, 0) is 5.56 Å². The van der Waals surface area contributed by atoms with Crippen LogP contribution in [0.2, 0.25) is 0 Å². The quantitative estimate of drug-likeness (QED) is 0.868. The Balaban J connectivity index is 2.15. The van der Waals surface area contributed by atoms with Gasteiger partial charge in [0.2, 0.25) is 5.75 Å². The predicted octanol–water partition coefficient (Wildman–Crippen LogP) is 0.852. The van der Waals surface area contributed by atoms with Gasteiger partial charge in [-0.15, -0.1) is 0 Å². The average molecular weight is 246 g/mol.